The summed E-state index contributed by atoms with van der Waals surface area (Å²) in [7, 11) is 1.66. The second-order valence-corrected chi connectivity index (χ2v) is 4.33. The van der Waals surface area contributed by atoms with E-state index in [0.29, 0.717) is 25.3 Å². The minimum atomic E-state index is -0.147. The number of nitriles is 1. The van der Waals surface area contributed by atoms with Crippen molar-refractivity contribution in [3.63, 3.8) is 0 Å². The maximum absolute atomic E-state index is 11.7. The highest BCUT2D eigenvalue weighted by Crippen LogP contribution is 2.17. The second-order valence-electron chi connectivity index (χ2n) is 4.33. The van der Waals surface area contributed by atoms with E-state index >= 15 is 0 Å². The average Bonchev–Trinajstić information content (AvgIpc) is 2.49. The molecule has 0 N–H and O–H groups in total. The van der Waals surface area contributed by atoms with Crippen molar-refractivity contribution in [3.05, 3.63) is 24.3 Å². The molecular weight excluding hydrogens is 256 g/mol. The van der Waals surface area contributed by atoms with Gasteiger partial charge in [-0.25, -0.2) is 0 Å². The molecule has 1 amide bonds. The van der Waals surface area contributed by atoms with Crippen molar-refractivity contribution < 1.29 is 14.3 Å². The fraction of sp³-hybridized carbons (Fsp3) is 0.467. The van der Waals surface area contributed by atoms with Gasteiger partial charge < -0.3 is 14.4 Å². The van der Waals surface area contributed by atoms with Crippen molar-refractivity contribution in [2.24, 2.45) is 0 Å². The lowest BCUT2D eigenvalue weighted by Crippen LogP contribution is -2.32. The van der Waals surface area contributed by atoms with Crippen LogP contribution in [-0.2, 0) is 4.79 Å². The summed E-state index contributed by atoms with van der Waals surface area (Å²) in [6.07, 6.45) is 1.29. The average molecular weight is 276 g/mol. The standard InChI is InChI=1S/C15H20N2O3/c1-3-11-19-13-5-7-14(8-6-13)20-12-15(18)17(2)10-4-9-16/h5-8H,3-4,10-12H2,1-2H3. The highest BCUT2D eigenvalue weighted by molar-refractivity contribution is 5.77. The number of rotatable bonds is 8. The van der Waals surface area contributed by atoms with Crippen molar-refractivity contribution in [1.82, 2.24) is 4.90 Å². The molecule has 1 rings (SSSR count). The Bertz CT molecular complexity index is 451. The molecule has 0 saturated carbocycles. The van der Waals surface area contributed by atoms with E-state index in [1.807, 2.05) is 25.1 Å². The van der Waals surface area contributed by atoms with E-state index in [4.69, 9.17) is 14.7 Å². The normalized spacial score (nSPS) is 9.65. The summed E-state index contributed by atoms with van der Waals surface area (Å²) < 4.78 is 10.9. The Morgan fingerprint density at radius 3 is 2.40 bits per heavy atom. The minimum Gasteiger partial charge on any atom is -0.494 e. The molecule has 5 heteroatoms. The van der Waals surface area contributed by atoms with Crippen molar-refractivity contribution in [2.75, 3.05) is 26.8 Å². The zero-order valence-electron chi connectivity index (χ0n) is 12.0. The maximum Gasteiger partial charge on any atom is 0.260 e. The Hall–Kier alpha value is -2.22. The van der Waals surface area contributed by atoms with Gasteiger partial charge in [0.15, 0.2) is 6.61 Å². The first-order valence-corrected chi connectivity index (χ1v) is 6.64. The number of ether oxygens (including phenoxy) is 2. The fourth-order valence-corrected chi connectivity index (χ4v) is 1.45. The Balaban J connectivity index is 2.38. The molecule has 1 aromatic rings. The van der Waals surface area contributed by atoms with Gasteiger partial charge in [0.25, 0.3) is 5.91 Å². The maximum atomic E-state index is 11.7. The van der Waals surface area contributed by atoms with Crippen LogP contribution in [0, 0.1) is 11.3 Å². The van der Waals surface area contributed by atoms with Crippen LogP contribution in [0.4, 0.5) is 0 Å². The molecule has 5 nitrogen and oxygen atoms in total. The van der Waals surface area contributed by atoms with Crippen LogP contribution in [0.5, 0.6) is 11.5 Å². The zero-order valence-corrected chi connectivity index (χ0v) is 12.0. The molecular formula is C15H20N2O3. The predicted molar refractivity (Wildman–Crippen MR) is 75.6 cm³/mol. The molecule has 0 aliphatic heterocycles. The zero-order chi connectivity index (χ0) is 14.8. The molecule has 0 saturated heterocycles. The Morgan fingerprint density at radius 1 is 1.25 bits per heavy atom. The molecule has 20 heavy (non-hydrogen) atoms. The summed E-state index contributed by atoms with van der Waals surface area (Å²) in [5.74, 6) is 1.26. The lowest BCUT2D eigenvalue weighted by atomic mass is 10.3. The van der Waals surface area contributed by atoms with Crippen LogP contribution in [0.3, 0.4) is 0 Å². The van der Waals surface area contributed by atoms with Crippen LogP contribution in [0.2, 0.25) is 0 Å². The first kappa shape index (κ1) is 15.8. The first-order valence-electron chi connectivity index (χ1n) is 6.64. The molecule has 0 heterocycles. The summed E-state index contributed by atoms with van der Waals surface area (Å²) >= 11 is 0. The third kappa shape index (κ3) is 5.61. The van der Waals surface area contributed by atoms with Crippen LogP contribution in [0.15, 0.2) is 24.3 Å². The van der Waals surface area contributed by atoms with Gasteiger partial charge in [-0.1, -0.05) is 6.92 Å². The number of likely N-dealkylation sites (N-methyl/N-ethyl adjacent to an activating group) is 1. The van der Waals surface area contributed by atoms with E-state index < -0.39 is 0 Å². The Kier molecular flexibility index (Phi) is 6.97. The van der Waals surface area contributed by atoms with Gasteiger partial charge in [0.1, 0.15) is 11.5 Å². The topological polar surface area (TPSA) is 62.6 Å². The molecule has 0 aliphatic carbocycles. The quantitative estimate of drug-likeness (QED) is 0.730. The number of carbonyl (C=O) groups is 1. The number of hydrogen-bond donors (Lipinski definition) is 0. The number of benzene rings is 1. The molecule has 0 spiro atoms. The summed E-state index contributed by atoms with van der Waals surface area (Å²) in [5, 5.41) is 8.46. The predicted octanol–water partition coefficient (Wildman–Crippen LogP) is 2.23. The molecule has 0 radical (unpaired) electrons. The highest BCUT2D eigenvalue weighted by Gasteiger charge is 2.09. The lowest BCUT2D eigenvalue weighted by molar-refractivity contribution is -0.131. The van der Waals surface area contributed by atoms with E-state index in [1.165, 1.54) is 4.90 Å². The molecule has 0 bridgehead atoms. The van der Waals surface area contributed by atoms with Crippen molar-refractivity contribution in [1.29, 1.82) is 5.26 Å². The molecule has 0 unspecified atom stereocenters. The van der Waals surface area contributed by atoms with Crippen LogP contribution in [0.25, 0.3) is 0 Å². The van der Waals surface area contributed by atoms with Crippen molar-refractivity contribution in [3.8, 4) is 17.6 Å². The second kappa shape index (κ2) is 8.81. The summed E-state index contributed by atoms with van der Waals surface area (Å²) in [4.78, 5) is 13.2. The van der Waals surface area contributed by atoms with Gasteiger partial charge in [-0.2, -0.15) is 5.26 Å². The third-order valence-corrected chi connectivity index (χ3v) is 2.64. The van der Waals surface area contributed by atoms with Crippen LogP contribution < -0.4 is 9.47 Å². The largest absolute Gasteiger partial charge is 0.494 e. The summed E-state index contributed by atoms with van der Waals surface area (Å²) in [6.45, 7) is 3.12. The molecule has 108 valence electrons. The molecule has 0 aromatic heterocycles. The number of hydrogen-bond acceptors (Lipinski definition) is 4. The van der Waals surface area contributed by atoms with Crippen molar-refractivity contribution in [2.45, 2.75) is 19.8 Å². The molecule has 0 atom stereocenters. The number of nitrogens with zero attached hydrogens (tertiary/aromatic N) is 2. The van der Waals surface area contributed by atoms with Crippen LogP contribution in [0.1, 0.15) is 19.8 Å². The SMILES string of the molecule is CCCOc1ccc(OCC(=O)N(C)CCC#N)cc1. The highest BCUT2D eigenvalue weighted by atomic mass is 16.5. The number of carbonyl (C=O) groups excluding carboxylic acids is 1. The minimum absolute atomic E-state index is 0.0307. The van der Waals surface area contributed by atoms with Gasteiger partial charge in [0.2, 0.25) is 0 Å². The smallest absolute Gasteiger partial charge is 0.260 e. The third-order valence-electron chi connectivity index (χ3n) is 2.64. The molecule has 1 aromatic carbocycles. The van der Waals surface area contributed by atoms with E-state index in [9.17, 15) is 4.79 Å². The van der Waals surface area contributed by atoms with E-state index in [-0.39, 0.29) is 12.5 Å². The number of amides is 1. The monoisotopic (exact) mass is 276 g/mol. The Morgan fingerprint density at radius 2 is 1.85 bits per heavy atom. The van der Waals surface area contributed by atoms with E-state index in [0.717, 1.165) is 12.2 Å². The van der Waals surface area contributed by atoms with Gasteiger partial charge in [-0.05, 0) is 30.7 Å². The van der Waals surface area contributed by atoms with E-state index in [2.05, 4.69) is 0 Å². The van der Waals surface area contributed by atoms with Gasteiger partial charge >= 0.3 is 0 Å². The van der Waals surface area contributed by atoms with Gasteiger partial charge in [-0.15, -0.1) is 0 Å². The van der Waals surface area contributed by atoms with Crippen molar-refractivity contribution >= 4 is 5.91 Å². The van der Waals surface area contributed by atoms with Crippen LogP contribution in [-0.4, -0.2) is 37.6 Å². The van der Waals surface area contributed by atoms with E-state index in [1.54, 1.807) is 19.2 Å². The first-order chi connectivity index (χ1) is 9.67. The summed E-state index contributed by atoms with van der Waals surface area (Å²) in [6, 6.07) is 9.17. The summed E-state index contributed by atoms with van der Waals surface area (Å²) in [5.41, 5.74) is 0. The fourth-order valence-electron chi connectivity index (χ4n) is 1.45. The van der Waals surface area contributed by atoms with Gasteiger partial charge in [0.05, 0.1) is 19.1 Å². The molecule has 0 aliphatic rings. The van der Waals surface area contributed by atoms with Gasteiger partial charge in [-0.3, -0.25) is 4.79 Å². The molecule has 0 fully saturated rings. The van der Waals surface area contributed by atoms with Crippen LogP contribution >= 0.6 is 0 Å². The lowest BCUT2D eigenvalue weighted by Gasteiger charge is -2.15. The van der Waals surface area contributed by atoms with Gasteiger partial charge in [0, 0.05) is 13.6 Å². The Labute approximate surface area is 119 Å².